The van der Waals surface area contributed by atoms with Gasteiger partial charge in [-0.3, -0.25) is 9.59 Å². The third kappa shape index (κ3) is 13.3. The fraction of sp³-hybridized carbons (Fsp3) is 0.780. The van der Waals surface area contributed by atoms with Gasteiger partial charge in [-0.25, -0.2) is 4.79 Å². The Morgan fingerprint density at radius 1 is 1.08 bits per heavy atom. The van der Waals surface area contributed by atoms with Crippen molar-refractivity contribution in [3.05, 3.63) is 35.5 Å². The number of allylic oxidation sites excluding steroid dienone is 2. The van der Waals surface area contributed by atoms with E-state index in [2.05, 4.69) is 19.1 Å². The summed E-state index contributed by atoms with van der Waals surface area (Å²) < 4.78 is 30.0. The summed E-state index contributed by atoms with van der Waals surface area (Å²) in [5.41, 5.74) is 7.13. The molecule has 53 heavy (non-hydrogen) atoms. The number of carbonyl (C=O) groups is 3. The highest BCUT2D eigenvalue weighted by Crippen LogP contribution is 2.35. The van der Waals surface area contributed by atoms with Crippen LogP contribution in [0.15, 0.2) is 35.5 Å². The maximum Gasteiger partial charge on any atom is 0.404 e. The number of aliphatic hydroxyl groups is 3. The van der Waals surface area contributed by atoms with Crippen molar-refractivity contribution in [1.82, 2.24) is 0 Å². The largest absolute Gasteiger partial charge is 0.462 e. The summed E-state index contributed by atoms with van der Waals surface area (Å²) in [5, 5.41) is 33.1. The van der Waals surface area contributed by atoms with Gasteiger partial charge in [0.05, 0.1) is 24.7 Å². The van der Waals surface area contributed by atoms with Crippen molar-refractivity contribution in [2.45, 2.75) is 175 Å². The standard InChI is InChI=1S/C41H67NO11/c1-10-32(43)29(8)36(45)26(5)20-28(7)38-27(6)19-23(2)15-16-31(50-35-21-33(51-40(42)47)37(46)30(9)49-35)14-12-11-13-24(3)39-25(4)17-18-41(48,53-39)22-34(44)52-38/h13,15-17,23,26-31,33,35-39,45-46,48H,10-12,14,18-22H2,1-9H3,(H2,42,47)/b16-15+,24-13?/t23-,26+,27+,28+,29+,30+,31+,33+,35-,36-,37+,38-,39+,41+/m0/s1. The van der Waals surface area contributed by atoms with E-state index in [0.717, 1.165) is 17.6 Å². The predicted octanol–water partition coefficient (Wildman–Crippen LogP) is 6.04. The number of esters is 1. The Bertz CT molecular complexity index is 1310. The number of aliphatic hydroxyl groups excluding tert-OH is 2. The molecule has 3 rings (SSSR count). The summed E-state index contributed by atoms with van der Waals surface area (Å²) >= 11 is 0. The lowest BCUT2D eigenvalue weighted by Gasteiger charge is -2.38. The lowest BCUT2D eigenvalue weighted by Crippen LogP contribution is -2.50. The Morgan fingerprint density at radius 2 is 1.75 bits per heavy atom. The van der Waals surface area contributed by atoms with Gasteiger partial charge in [-0.05, 0) is 87.7 Å². The lowest BCUT2D eigenvalue weighted by molar-refractivity contribution is -0.254. The van der Waals surface area contributed by atoms with Crippen molar-refractivity contribution in [1.29, 1.82) is 0 Å². The minimum absolute atomic E-state index is 0.00488. The molecule has 5 N–H and O–H groups in total. The number of ketones is 1. The van der Waals surface area contributed by atoms with Crippen molar-refractivity contribution in [3.63, 3.8) is 0 Å². The zero-order valence-electron chi connectivity index (χ0n) is 33.4. The number of primary amides is 1. The van der Waals surface area contributed by atoms with E-state index in [-0.39, 0.29) is 54.8 Å². The lowest BCUT2D eigenvalue weighted by atomic mass is 9.79. The van der Waals surface area contributed by atoms with Crippen LogP contribution < -0.4 is 5.73 Å². The van der Waals surface area contributed by atoms with Gasteiger partial charge < -0.3 is 44.7 Å². The number of ether oxygens (including phenoxy) is 5. The average Bonchev–Trinajstić information content (AvgIpc) is 3.09. The fourth-order valence-corrected chi connectivity index (χ4v) is 8.07. The van der Waals surface area contributed by atoms with Crippen molar-refractivity contribution in [2.24, 2.45) is 35.3 Å². The van der Waals surface area contributed by atoms with Crippen LogP contribution in [0.25, 0.3) is 0 Å². The molecular formula is C41H67NO11. The van der Waals surface area contributed by atoms with Crippen molar-refractivity contribution < 1.29 is 53.4 Å². The number of amides is 1. The molecule has 3 aliphatic heterocycles. The molecule has 2 bridgehead atoms. The van der Waals surface area contributed by atoms with Crippen LogP contribution in [-0.2, 0) is 33.3 Å². The molecule has 0 aliphatic carbocycles. The van der Waals surface area contributed by atoms with Crippen LogP contribution in [0.4, 0.5) is 4.79 Å². The molecule has 302 valence electrons. The molecule has 0 saturated carbocycles. The molecule has 1 amide bonds. The van der Waals surface area contributed by atoms with Gasteiger partial charge in [-0.1, -0.05) is 65.8 Å². The van der Waals surface area contributed by atoms with Crippen molar-refractivity contribution in [2.75, 3.05) is 0 Å². The van der Waals surface area contributed by atoms with Crippen LogP contribution in [0.5, 0.6) is 0 Å². The zero-order chi connectivity index (χ0) is 39.6. The smallest absolute Gasteiger partial charge is 0.404 e. The molecule has 12 heteroatoms. The first-order chi connectivity index (χ1) is 24.8. The van der Waals surface area contributed by atoms with Crippen LogP contribution in [-0.4, -0.2) is 88.0 Å². The summed E-state index contributed by atoms with van der Waals surface area (Å²) in [4.78, 5) is 37.5. The average molecular weight is 750 g/mol. The highest BCUT2D eigenvalue weighted by molar-refractivity contribution is 5.80. The van der Waals surface area contributed by atoms with E-state index >= 15 is 0 Å². The van der Waals surface area contributed by atoms with Gasteiger partial charge in [0.1, 0.15) is 30.2 Å². The molecule has 12 nitrogen and oxygen atoms in total. The van der Waals surface area contributed by atoms with Crippen LogP contribution >= 0.6 is 0 Å². The first kappa shape index (κ1) is 44.8. The van der Waals surface area contributed by atoms with E-state index in [1.807, 2.05) is 46.8 Å². The highest BCUT2D eigenvalue weighted by atomic mass is 16.7. The summed E-state index contributed by atoms with van der Waals surface area (Å²) in [5.74, 6) is -3.23. The van der Waals surface area contributed by atoms with E-state index in [0.29, 0.717) is 32.1 Å². The van der Waals surface area contributed by atoms with Gasteiger partial charge in [0.25, 0.3) is 0 Å². The van der Waals surface area contributed by atoms with E-state index < -0.39 is 66.7 Å². The molecule has 0 aromatic carbocycles. The zero-order valence-corrected chi connectivity index (χ0v) is 33.4. The Hall–Kier alpha value is -2.61. The van der Waals surface area contributed by atoms with Gasteiger partial charge >= 0.3 is 12.1 Å². The first-order valence-electron chi connectivity index (χ1n) is 19.6. The quantitative estimate of drug-likeness (QED) is 0.151. The highest BCUT2D eigenvalue weighted by Gasteiger charge is 2.41. The second kappa shape index (κ2) is 20.3. The van der Waals surface area contributed by atoms with E-state index in [9.17, 15) is 29.7 Å². The summed E-state index contributed by atoms with van der Waals surface area (Å²) in [7, 11) is 0. The SMILES string of the molecule is CCC(=O)[C@@H](C)[C@@H](O)[C@H](C)C[C@@H](C)[C@H]1OC(=O)C[C@@]2(O)CC=C(C)[C@H](O2)C(C)=CCCC[C@@H](O[C@H]2C[C@@H](OC(N)=O)[C@H](O)[C@@H](C)O2)/C=C/[C@H](C)C[C@H]1C. The molecule has 1 saturated heterocycles. The van der Waals surface area contributed by atoms with E-state index in [4.69, 9.17) is 29.4 Å². The number of hydrogen-bond donors (Lipinski definition) is 4. The molecule has 0 unspecified atom stereocenters. The number of fused-ring (bicyclic) bond motifs is 2. The minimum atomic E-state index is -1.73. The van der Waals surface area contributed by atoms with Crippen molar-refractivity contribution >= 4 is 17.8 Å². The number of cyclic esters (lactones) is 1. The van der Waals surface area contributed by atoms with Gasteiger partial charge in [-0.2, -0.15) is 0 Å². The molecule has 0 spiro atoms. The number of hydrogen-bond acceptors (Lipinski definition) is 11. The Morgan fingerprint density at radius 3 is 2.42 bits per heavy atom. The number of carbonyl (C=O) groups excluding carboxylic acids is 3. The summed E-state index contributed by atoms with van der Waals surface area (Å²) in [6.45, 7) is 17.2. The predicted molar refractivity (Wildman–Crippen MR) is 200 cm³/mol. The molecule has 3 heterocycles. The second-order valence-electron chi connectivity index (χ2n) is 16.1. The Labute approximate surface area is 316 Å². The molecule has 1 fully saturated rings. The normalized spacial score (nSPS) is 36.6. The summed E-state index contributed by atoms with van der Waals surface area (Å²) in [6, 6.07) is 0. The van der Waals surface area contributed by atoms with Crippen LogP contribution in [0.2, 0.25) is 0 Å². The third-order valence-corrected chi connectivity index (χ3v) is 11.2. The van der Waals surface area contributed by atoms with Gasteiger partial charge in [0.2, 0.25) is 0 Å². The second-order valence-corrected chi connectivity index (χ2v) is 16.1. The van der Waals surface area contributed by atoms with Gasteiger partial charge in [-0.15, -0.1) is 0 Å². The van der Waals surface area contributed by atoms with Crippen LogP contribution in [0.3, 0.4) is 0 Å². The molecule has 14 atom stereocenters. The maximum atomic E-state index is 13.6. The Kier molecular flexibility index (Phi) is 17.2. The molecule has 0 radical (unpaired) electrons. The van der Waals surface area contributed by atoms with Gasteiger partial charge in [0.15, 0.2) is 12.1 Å². The van der Waals surface area contributed by atoms with E-state index in [1.54, 1.807) is 20.8 Å². The third-order valence-electron chi connectivity index (χ3n) is 11.2. The number of nitrogens with two attached hydrogens (primary N) is 1. The summed E-state index contributed by atoms with van der Waals surface area (Å²) in [6.07, 6.45) is 5.26. The number of Topliss-reactive ketones (excluding diaryl/α,β-unsaturated/α-hetero) is 1. The number of rotatable bonds is 10. The van der Waals surface area contributed by atoms with E-state index in [1.165, 1.54) is 0 Å². The maximum absolute atomic E-state index is 13.6. The fourth-order valence-electron chi connectivity index (χ4n) is 8.07. The minimum Gasteiger partial charge on any atom is -0.462 e. The molecular weight excluding hydrogens is 682 g/mol. The molecule has 0 aromatic heterocycles. The van der Waals surface area contributed by atoms with Crippen LogP contribution in [0.1, 0.15) is 120 Å². The van der Waals surface area contributed by atoms with Crippen molar-refractivity contribution in [3.8, 4) is 0 Å². The van der Waals surface area contributed by atoms with Gasteiger partial charge in [0, 0.05) is 25.2 Å². The Balaban J connectivity index is 1.90. The molecule has 0 aromatic rings. The topological polar surface area (TPSA) is 184 Å². The monoisotopic (exact) mass is 749 g/mol. The van der Waals surface area contributed by atoms with Crippen LogP contribution in [0, 0.1) is 29.6 Å². The first-order valence-corrected chi connectivity index (χ1v) is 19.6. The molecule has 3 aliphatic rings.